The van der Waals surface area contributed by atoms with E-state index in [2.05, 4.69) is 10.1 Å². The SMILES string of the molecule is CCC(N)c1noc(C2C3CCCCC32)n1. The predicted octanol–water partition coefficient (Wildman–Crippen LogP) is 2.38. The molecule has 0 aliphatic heterocycles. The first-order valence-electron chi connectivity index (χ1n) is 6.40. The van der Waals surface area contributed by atoms with Crippen molar-refractivity contribution in [1.82, 2.24) is 10.1 Å². The number of hydrogen-bond donors (Lipinski definition) is 1. The second kappa shape index (κ2) is 3.84. The molecule has 2 aliphatic carbocycles. The van der Waals surface area contributed by atoms with Crippen LogP contribution in [0.4, 0.5) is 0 Å². The summed E-state index contributed by atoms with van der Waals surface area (Å²) in [6.07, 6.45) is 6.27. The van der Waals surface area contributed by atoms with E-state index in [0.29, 0.717) is 11.7 Å². The highest BCUT2D eigenvalue weighted by Crippen LogP contribution is 2.60. The first kappa shape index (κ1) is 10.3. The maximum absolute atomic E-state index is 5.89. The van der Waals surface area contributed by atoms with Gasteiger partial charge in [0.1, 0.15) is 0 Å². The molecule has 2 aliphatic rings. The van der Waals surface area contributed by atoms with Crippen LogP contribution < -0.4 is 5.73 Å². The summed E-state index contributed by atoms with van der Waals surface area (Å²) in [5.74, 6) is 3.71. The van der Waals surface area contributed by atoms with Gasteiger partial charge in [-0.15, -0.1) is 0 Å². The topological polar surface area (TPSA) is 64.9 Å². The fraction of sp³-hybridized carbons (Fsp3) is 0.833. The molecule has 2 fully saturated rings. The summed E-state index contributed by atoms with van der Waals surface area (Å²) < 4.78 is 5.36. The molecule has 2 saturated carbocycles. The van der Waals surface area contributed by atoms with Crippen LogP contribution in [0.2, 0.25) is 0 Å². The standard InChI is InChI=1S/C12H19N3O/c1-2-9(13)11-14-12(16-15-11)10-7-5-3-4-6-8(7)10/h7-10H,2-6,13H2,1H3. The Kier molecular flexibility index (Phi) is 2.46. The molecule has 3 unspecified atom stereocenters. The minimum atomic E-state index is -0.0710. The van der Waals surface area contributed by atoms with E-state index in [1.807, 2.05) is 6.92 Å². The molecule has 88 valence electrons. The van der Waals surface area contributed by atoms with Crippen molar-refractivity contribution in [2.75, 3.05) is 0 Å². The van der Waals surface area contributed by atoms with Crippen LogP contribution in [-0.2, 0) is 0 Å². The molecule has 0 bridgehead atoms. The molecule has 0 amide bonds. The van der Waals surface area contributed by atoms with E-state index in [9.17, 15) is 0 Å². The van der Waals surface area contributed by atoms with Crippen LogP contribution in [0, 0.1) is 11.8 Å². The van der Waals surface area contributed by atoms with Crippen LogP contribution in [0.5, 0.6) is 0 Å². The zero-order valence-electron chi connectivity index (χ0n) is 9.72. The fourth-order valence-electron chi connectivity index (χ4n) is 3.07. The number of aromatic nitrogens is 2. The summed E-state index contributed by atoms with van der Waals surface area (Å²) in [6, 6.07) is -0.0710. The molecule has 1 heterocycles. The zero-order chi connectivity index (χ0) is 11.1. The molecule has 16 heavy (non-hydrogen) atoms. The molecule has 0 aromatic carbocycles. The van der Waals surface area contributed by atoms with E-state index >= 15 is 0 Å². The molecule has 4 nitrogen and oxygen atoms in total. The Balaban J connectivity index is 1.74. The van der Waals surface area contributed by atoms with E-state index in [1.54, 1.807) is 0 Å². The van der Waals surface area contributed by atoms with Gasteiger partial charge in [-0.3, -0.25) is 0 Å². The molecule has 3 atom stereocenters. The molecule has 0 saturated heterocycles. The van der Waals surface area contributed by atoms with Crippen molar-refractivity contribution in [3.8, 4) is 0 Å². The first-order valence-corrected chi connectivity index (χ1v) is 6.40. The number of rotatable bonds is 3. The average Bonchev–Trinajstić information content (AvgIpc) is 2.86. The predicted molar refractivity (Wildman–Crippen MR) is 59.7 cm³/mol. The number of nitrogens with zero attached hydrogens (tertiary/aromatic N) is 2. The number of fused-ring (bicyclic) bond motifs is 1. The van der Waals surface area contributed by atoms with Crippen molar-refractivity contribution in [3.05, 3.63) is 11.7 Å². The van der Waals surface area contributed by atoms with Crippen molar-refractivity contribution in [2.45, 2.75) is 51.0 Å². The van der Waals surface area contributed by atoms with Gasteiger partial charge in [0.05, 0.1) is 6.04 Å². The van der Waals surface area contributed by atoms with Crippen molar-refractivity contribution < 1.29 is 4.52 Å². The van der Waals surface area contributed by atoms with E-state index in [4.69, 9.17) is 10.3 Å². The molecule has 0 radical (unpaired) electrons. The lowest BCUT2D eigenvalue weighted by molar-refractivity contribution is 0.364. The molecule has 4 heteroatoms. The van der Waals surface area contributed by atoms with Gasteiger partial charge in [0.2, 0.25) is 5.89 Å². The van der Waals surface area contributed by atoms with Gasteiger partial charge in [-0.05, 0) is 31.1 Å². The number of hydrogen-bond acceptors (Lipinski definition) is 4. The van der Waals surface area contributed by atoms with Gasteiger partial charge in [-0.25, -0.2) is 0 Å². The summed E-state index contributed by atoms with van der Waals surface area (Å²) in [5.41, 5.74) is 5.89. The Morgan fingerprint density at radius 2 is 2.06 bits per heavy atom. The van der Waals surface area contributed by atoms with E-state index in [0.717, 1.165) is 24.1 Å². The Morgan fingerprint density at radius 1 is 1.38 bits per heavy atom. The maximum Gasteiger partial charge on any atom is 0.230 e. The first-order chi connectivity index (χ1) is 7.81. The number of nitrogens with two attached hydrogens (primary N) is 1. The monoisotopic (exact) mass is 221 g/mol. The fourth-order valence-corrected chi connectivity index (χ4v) is 3.07. The van der Waals surface area contributed by atoms with Gasteiger partial charge >= 0.3 is 0 Å². The highest BCUT2D eigenvalue weighted by atomic mass is 16.5. The van der Waals surface area contributed by atoms with Crippen LogP contribution in [0.3, 0.4) is 0 Å². The average molecular weight is 221 g/mol. The van der Waals surface area contributed by atoms with Gasteiger partial charge < -0.3 is 10.3 Å². The summed E-state index contributed by atoms with van der Waals surface area (Å²) in [6.45, 7) is 2.04. The highest BCUT2D eigenvalue weighted by Gasteiger charge is 2.54. The lowest BCUT2D eigenvalue weighted by atomic mass is 10.0. The van der Waals surface area contributed by atoms with Crippen molar-refractivity contribution in [3.63, 3.8) is 0 Å². The van der Waals surface area contributed by atoms with E-state index in [-0.39, 0.29) is 6.04 Å². The van der Waals surface area contributed by atoms with Gasteiger partial charge in [0.15, 0.2) is 5.82 Å². The van der Waals surface area contributed by atoms with Crippen LogP contribution in [0.15, 0.2) is 4.52 Å². The minimum Gasteiger partial charge on any atom is -0.339 e. The Bertz CT molecular complexity index is 364. The highest BCUT2D eigenvalue weighted by molar-refractivity contribution is 5.15. The van der Waals surface area contributed by atoms with E-state index < -0.39 is 0 Å². The summed E-state index contributed by atoms with van der Waals surface area (Å²) >= 11 is 0. The third-order valence-electron chi connectivity index (χ3n) is 4.17. The lowest BCUT2D eigenvalue weighted by Crippen LogP contribution is -2.10. The minimum absolute atomic E-state index is 0.0710. The van der Waals surface area contributed by atoms with Gasteiger partial charge in [0.25, 0.3) is 0 Å². The Morgan fingerprint density at radius 3 is 2.69 bits per heavy atom. The van der Waals surface area contributed by atoms with Crippen molar-refractivity contribution >= 4 is 0 Å². The van der Waals surface area contributed by atoms with Crippen LogP contribution in [0.1, 0.15) is 62.7 Å². The summed E-state index contributed by atoms with van der Waals surface area (Å²) in [5, 5.41) is 3.99. The Hall–Kier alpha value is -0.900. The molecule has 1 aromatic rings. The third kappa shape index (κ3) is 1.56. The maximum atomic E-state index is 5.89. The van der Waals surface area contributed by atoms with Crippen molar-refractivity contribution in [1.29, 1.82) is 0 Å². The largest absolute Gasteiger partial charge is 0.339 e. The van der Waals surface area contributed by atoms with Gasteiger partial charge in [-0.2, -0.15) is 4.98 Å². The van der Waals surface area contributed by atoms with Crippen LogP contribution >= 0.6 is 0 Å². The molecule has 0 spiro atoms. The molecular formula is C12H19N3O. The molecular weight excluding hydrogens is 202 g/mol. The lowest BCUT2D eigenvalue weighted by Gasteiger charge is -2.04. The summed E-state index contributed by atoms with van der Waals surface area (Å²) in [4.78, 5) is 4.46. The smallest absolute Gasteiger partial charge is 0.230 e. The van der Waals surface area contributed by atoms with Gasteiger partial charge in [0, 0.05) is 5.92 Å². The molecule has 2 N–H and O–H groups in total. The van der Waals surface area contributed by atoms with Crippen LogP contribution in [-0.4, -0.2) is 10.1 Å². The van der Waals surface area contributed by atoms with Crippen LogP contribution in [0.25, 0.3) is 0 Å². The van der Waals surface area contributed by atoms with Gasteiger partial charge in [-0.1, -0.05) is 24.9 Å². The summed E-state index contributed by atoms with van der Waals surface area (Å²) in [7, 11) is 0. The van der Waals surface area contributed by atoms with E-state index in [1.165, 1.54) is 25.7 Å². The molecule has 1 aromatic heterocycles. The normalized spacial score (nSPS) is 34.5. The molecule has 3 rings (SSSR count). The third-order valence-corrected chi connectivity index (χ3v) is 4.17. The second-order valence-electron chi connectivity index (χ2n) is 5.14. The Labute approximate surface area is 95.6 Å². The zero-order valence-corrected chi connectivity index (χ0v) is 9.72. The quantitative estimate of drug-likeness (QED) is 0.851. The van der Waals surface area contributed by atoms with Crippen molar-refractivity contribution in [2.24, 2.45) is 17.6 Å². The second-order valence-corrected chi connectivity index (χ2v) is 5.14.